The van der Waals surface area contributed by atoms with Gasteiger partial charge in [0.2, 0.25) is 5.95 Å². The fraction of sp³-hybridized carbons (Fsp3) is 0.214. The van der Waals surface area contributed by atoms with Crippen LogP contribution in [0.15, 0.2) is 30.5 Å². The first-order valence-electron chi connectivity index (χ1n) is 6.32. The van der Waals surface area contributed by atoms with Crippen LogP contribution in [0.3, 0.4) is 0 Å². The van der Waals surface area contributed by atoms with Gasteiger partial charge in [-0.2, -0.15) is 0 Å². The Labute approximate surface area is 132 Å². The van der Waals surface area contributed by atoms with Crippen molar-refractivity contribution in [2.24, 2.45) is 0 Å². The standard InChI is InChI=1S/C14H14Cl2N4O/c1-8(2)18-14-17-7-6-11(20-14)13(21)19-10-5-3-4-9(15)12(10)16/h3-8H,1-2H3,(H,19,21)(H,17,18,20). The highest BCUT2D eigenvalue weighted by Gasteiger charge is 2.12. The van der Waals surface area contributed by atoms with Gasteiger partial charge in [-0.25, -0.2) is 9.97 Å². The summed E-state index contributed by atoms with van der Waals surface area (Å²) in [5.74, 6) is 0.0169. The number of carbonyl (C=O) groups excluding carboxylic acids is 1. The molecule has 0 aliphatic rings. The summed E-state index contributed by atoms with van der Waals surface area (Å²) in [6.45, 7) is 3.92. The van der Waals surface area contributed by atoms with E-state index in [0.717, 1.165) is 0 Å². The van der Waals surface area contributed by atoms with Gasteiger partial charge in [0.15, 0.2) is 0 Å². The highest BCUT2D eigenvalue weighted by atomic mass is 35.5. The van der Waals surface area contributed by atoms with Crippen molar-refractivity contribution in [3.05, 3.63) is 46.2 Å². The number of carbonyl (C=O) groups is 1. The van der Waals surface area contributed by atoms with Gasteiger partial charge < -0.3 is 10.6 Å². The topological polar surface area (TPSA) is 66.9 Å². The zero-order valence-corrected chi connectivity index (χ0v) is 13.0. The molecule has 0 aliphatic heterocycles. The molecule has 2 rings (SSSR count). The average Bonchev–Trinajstić information content (AvgIpc) is 2.43. The van der Waals surface area contributed by atoms with E-state index in [1.165, 1.54) is 12.3 Å². The van der Waals surface area contributed by atoms with E-state index < -0.39 is 0 Å². The Balaban J connectivity index is 2.18. The molecule has 21 heavy (non-hydrogen) atoms. The molecule has 0 saturated heterocycles. The van der Waals surface area contributed by atoms with Crippen LogP contribution in [0.5, 0.6) is 0 Å². The molecular formula is C14H14Cl2N4O. The van der Waals surface area contributed by atoms with E-state index in [0.29, 0.717) is 21.7 Å². The molecule has 2 N–H and O–H groups in total. The largest absolute Gasteiger partial charge is 0.352 e. The number of hydrogen-bond acceptors (Lipinski definition) is 4. The first kappa shape index (κ1) is 15.5. The molecule has 1 aromatic carbocycles. The van der Waals surface area contributed by atoms with Crippen LogP contribution in [0.25, 0.3) is 0 Å². The van der Waals surface area contributed by atoms with Crippen LogP contribution in [0.4, 0.5) is 11.6 Å². The minimum absolute atomic E-state index is 0.172. The van der Waals surface area contributed by atoms with Crippen LogP contribution in [0.1, 0.15) is 24.3 Å². The highest BCUT2D eigenvalue weighted by molar-refractivity contribution is 6.44. The van der Waals surface area contributed by atoms with Crippen LogP contribution < -0.4 is 10.6 Å². The van der Waals surface area contributed by atoms with Crippen molar-refractivity contribution in [3.63, 3.8) is 0 Å². The van der Waals surface area contributed by atoms with Gasteiger partial charge in [-0.05, 0) is 32.0 Å². The molecule has 0 saturated carbocycles. The molecule has 0 radical (unpaired) electrons. The maximum atomic E-state index is 12.2. The van der Waals surface area contributed by atoms with Gasteiger partial charge >= 0.3 is 0 Å². The second-order valence-electron chi connectivity index (χ2n) is 4.62. The number of rotatable bonds is 4. The Morgan fingerprint density at radius 1 is 1.24 bits per heavy atom. The fourth-order valence-corrected chi connectivity index (χ4v) is 1.95. The molecule has 0 atom stereocenters. The average molecular weight is 325 g/mol. The molecule has 1 aromatic heterocycles. The normalized spacial score (nSPS) is 10.5. The van der Waals surface area contributed by atoms with Gasteiger partial charge in [0.1, 0.15) is 5.69 Å². The molecule has 110 valence electrons. The summed E-state index contributed by atoms with van der Waals surface area (Å²) in [6, 6.07) is 6.72. The van der Waals surface area contributed by atoms with Crippen molar-refractivity contribution >= 4 is 40.7 Å². The number of aromatic nitrogens is 2. The van der Waals surface area contributed by atoms with Crippen LogP contribution in [-0.2, 0) is 0 Å². The van der Waals surface area contributed by atoms with Crippen molar-refractivity contribution in [1.82, 2.24) is 9.97 Å². The Morgan fingerprint density at radius 3 is 2.71 bits per heavy atom. The van der Waals surface area contributed by atoms with Crippen molar-refractivity contribution in [2.45, 2.75) is 19.9 Å². The van der Waals surface area contributed by atoms with E-state index in [-0.39, 0.29) is 17.6 Å². The molecule has 0 spiro atoms. The van der Waals surface area contributed by atoms with Crippen LogP contribution in [0, 0.1) is 0 Å². The summed E-state index contributed by atoms with van der Waals surface area (Å²) in [4.78, 5) is 20.4. The molecule has 7 heteroatoms. The lowest BCUT2D eigenvalue weighted by Gasteiger charge is -2.10. The quantitative estimate of drug-likeness (QED) is 0.896. The number of nitrogens with zero attached hydrogens (tertiary/aromatic N) is 2. The number of hydrogen-bond donors (Lipinski definition) is 2. The molecule has 2 aromatic rings. The van der Waals surface area contributed by atoms with E-state index in [4.69, 9.17) is 23.2 Å². The monoisotopic (exact) mass is 324 g/mol. The maximum absolute atomic E-state index is 12.2. The second kappa shape index (κ2) is 6.74. The predicted octanol–water partition coefficient (Wildman–Crippen LogP) is 3.86. The van der Waals surface area contributed by atoms with Crippen molar-refractivity contribution < 1.29 is 4.79 Å². The number of benzene rings is 1. The van der Waals surface area contributed by atoms with Gasteiger partial charge in [0, 0.05) is 12.2 Å². The number of amides is 1. The van der Waals surface area contributed by atoms with Gasteiger partial charge in [-0.15, -0.1) is 0 Å². The first-order chi connectivity index (χ1) is 9.97. The van der Waals surface area contributed by atoms with Crippen molar-refractivity contribution in [2.75, 3.05) is 10.6 Å². The van der Waals surface area contributed by atoms with E-state index in [2.05, 4.69) is 20.6 Å². The summed E-state index contributed by atoms with van der Waals surface area (Å²) in [5.41, 5.74) is 0.676. The smallest absolute Gasteiger partial charge is 0.274 e. The van der Waals surface area contributed by atoms with E-state index in [1.807, 2.05) is 13.8 Å². The lowest BCUT2D eigenvalue weighted by atomic mass is 10.3. The van der Waals surface area contributed by atoms with E-state index in [1.54, 1.807) is 18.2 Å². The van der Waals surface area contributed by atoms with Crippen LogP contribution in [-0.4, -0.2) is 21.9 Å². The lowest BCUT2D eigenvalue weighted by Crippen LogP contribution is -2.17. The summed E-state index contributed by atoms with van der Waals surface area (Å²) in [6.07, 6.45) is 1.52. The summed E-state index contributed by atoms with van der Waals surface area (Å²) < 4.78 is 0. The molecule has 0 unspecified atom stereocenters. The summed E-state index contributed by atoms with van der Waals surface area (Å²) in [7, 11) is 0. The minimum atomic E-state index is -0.381. The summed E-state index contributed by atoms with van der Waals surface area (Å²) in [5, 5.41) is 6.38. The van der Waals surface area contributed by atoms with Crippen molar-refractivity contribution in [1.29, 1.82) is 0 Å². The molecule has 1 amide bonds. The van der Waals surface area contributed by atoms with Gasteiger partial charge in [0.05, 0.1) is 15.7 Å². The number of nitrogens with one attached hydrogen (secondary N) is 2. The molecule has 5 nitrogen and oxygen atoms in total. The zero-order chi connectivity index (χ0) is 15.4. The Kier molecular flexibility index (Phi) is 4.98. The third kappa shape index (κ3) is 4.06. The molecule has 1 heterocycles. The van der Waals surface area contributed by atoms with Crippen molar-refractivity contribution in [3.8, 4) is 0 Å². The minimum Gasteiger partial charge on any atom is -0.352 e. The SMILES string of the molecule is CC(C)Nc1nccc(C(=O)Nc2cccc(Cl)c2Cl)n1. The molecule has 0 bridgehead atoms. The Hall–Kier alpha value is -1.85. The fourth-order valence-electron chi connectivity index (χ4n) is 1.60. The summed E-state index contributed by atoms with van der Waals surface area (Å²) >= 11 is 11.9. The first-order valence-corrected chi connectivity index (χ1v) is 7.08. The van der Waals surface area contributed by atoms with Crippen LogP contribution in [0.2, 0.25) is 10.0 Å². The molecular weight excluding hydrogens is 311 g/mol. The second-order valence-corrected chi connectivity index (χ2v) is 5.41. The lowest BCUT2D eigenvalue weighted by molar-refractivity contribution is 0.102. The third-order valence-electron chi connectivity index (χ3n) is 2.51. The van der Waals surface area contributed by atoms with Crippen LogP contribution >= 0.6 is 23.2 Å². The van der Waals surface area contributed by atoms with Gasteiger partial charge in [-0.1, -0.05) is 29.3 Å². The molecule has 0 aliphatic carbocycles. The maximum Gasteiger partial charge on any atom is 0.274 e. The number of anilines is 2. The Morgan fingerprint density at radius 2 is 2.00 bits per heavy atom. The van der Waals surface area contributed by atoms with E-state index >= 15 is 0 Å². The predicted molar refractivity (Wildman–Crippen MR) is 85.2 cm³/mol. The van der Waals surface area contributed by atoms with E-state index in [9.17, 15) is 4.79 Å². The third-order valence-corrected chi connectivity index (χ3v) is 3.32. The van der Waals surface area contributed by atoms with Gasteiger partial charge in [-0.3, -0.25) is 4.79 Å². The Bertz CT molecular complexity index is 661. The van der Waals surface area contributed by atoms with Gasteiger partial charge in [0.25, 0.3) is 5.91 Å². The highest BCUT2D eigenvalue weighted by Crippen LogP contribution is 2.29. The molecule has 0 fully saturated rings. The zero-order valence-electron chi connectivity index (χ0n) is 11.5. The number of halogens is 2.